The molecule has 0 unspecified atom stereocenters. The number of nitrogens with one attached hydrogen (secondary N) is 1. The van der Waals surface area contributed by atoms with E-state index >= 15 is 0 Å². The molecule has 156 valence electrons. The van der Waals surface area contributed by atoms with Gasteiger partial charge in [0.15, 0.2) is 0 Å². The van der Waals surface area contributed by atoms with Crippen LogP contribution in [0.15, 0.2) is 47.4 Å². The summed E-state index contributed by atoms with van der Waals surface area (Å²) >= 11 is 0. The highest BCUT2D eigenvalue weighted by atomic mass is 32.2. The maximum atomic E-state index is 13.2. The van der Waals surface area contributed by atoms with Crippen molar-refractivity contribution in [3.63, 3.8) is 0 Å². The monoisotopic (exact) mass is 422 g/mol. The van der Waals surface area contributed by atoms with Crippen LogP contribution < -0.4 is 14.8 Å². The molecule has 2 aromatic rings. The first-order valence-corrected chi connectivity index (χ1v) is 10.6. The summed E-state index contributed by atoms with van der Waals surface area (Å²) in [4.78, 5) is 13.0. The number of carbonyl (C=O) groups is 1. The van der Waals surface area contributed by atoms with Crippen LogP contribution in [0.25, 0.3) is 0 Å². The molecule has 1 aliphatic rings. The molecule has 2 aromatic carbocycles. The number of hydrogen-bond acceptors (Lipinski definition) is 5. The number of anilines is 1. The van der Waals surface area contributed by atoms with Gasteiger partial charge in [0.05, 0.1) is 24.8 Å². The average molecular weight is 422 g/mol. The Labute approximate surface area is 169 Å². The Bertz CT molecular complexity index is 979. The number of ether oxygens (including phenoxy) is 2. The second kappa shape index (κ2) is 8.79. The zero-order chi connectivity index (χ0) is 21.0. The van der Waals surface area contributed by atoms with Crippen molar-refractivity contribution in [2.24, 2.45) is 0 Å². The molecule has 1 atom stereocenters. The molecule has 0 aromatic heterocycles. The fourth-order valence-corrected chi connectivity index (χ4v) is 4.98. The summed E-state index contributed by atoms with van der Waals surface area (Å²) in [5, 5.41) is 2.76. The van der Waals surface area contributed by atoms with Crippen LogP contribution in [-0.2, 0) is 14.8 Å². The normalized spacial score (nSPS) is 17.6. The number of piperidine rings is 1. The van der Waals surface area contributed by atoms with E-state index in [4.69, 9.17) is 9.47 Å². The second-order valence-electron chi connectivity index (χ2n) is 6.64. The number of nitrogens with zero attached hydrogens (tertiary/aromatic N) is 1. The Kier molecular flexibility index (Phi) is 6.39. The SMILES string of the molecule is COc1ccc(OC)c(NC(=O)[C@@H]2CCCCN2S(=O)(=O)c2ccc(F)cc2)c1. The molecule has 1 heterocycles. The number of methoxy groups -OCH3 is 2. The number of carbonyl (C=O) groups excluding carboxylic acids is 1. The van der Waals surface area contributed by atoms with Crippen molar-refractivity contribution < 1.29 is 27.1 Å². The smallest absolute Gasteiger partial charge is 0.243 e. The average Bonchev–Trinajstić information content (AvgIpc) is 2.74. The van der Waals surface area contributed by atoms with Crippen molar-refractivity contribution in [2.45, 2.75) is 30.2 Å². The van der Waals surface area contributed by atoms with Crippen molar-refractivity contribution in [1.29, 1.82) is 0 Å². The number of amides is 1. The fourth-order valence-electron chi connectivity index (χ4n) is 3.32. The molecule has 1 aliphatic heterocycles. The molecule has 1 N–H and O–H groups in total. The lowest BCUT2D eigenvalue weighted by Gasteiger charge is -2.33. The summed E-state index contributed by atoms with van der Waals surface area (Å²) < 4.78 is 51.0. The van der Waals surface area contributed by atoms with Gasteiger partial charge in [0.1, 0.15) is 23.4 Å². The Hall–Kier alpha value is -2.65. The fraction of sp³-hybridized carbons (Fsp3) is 0.350. The summed E-state index contributed by atoms with van der Waals surface area (Å²) in [6.45, 7) is 0.215. The van der Waals surface area contributed by atoms with E-state index in [1.807, 2.05) is 0 Å². The van der Waals surface area contributed by atoms with Gasteiger partial charge in [-0.05, 0) is 49.2 Å². The summed E-state index contributed by atoms with van der Waals surface area (Å²) in [6, 6.07) is 8.68. The molecule has 0 spiro atoms. The maximum absolute atomic E-state index is 13.2. The number of rotatable bonds is 6. The molecule has 7 nitrogen and oxygen atoms in total. The zero-order valence-corrected chi connectivity index (χ0v) is 17.0. The van der Waals surface area contributed by atoms with Crippen LogP contribution in [-0.4, -0.2) is 45.4 Å². The molecule has 29 heavy (non-hydrogen) atoms. The van der Waals surface area contributed by atoms with Crippen molar-refractivity contribution in [3.8, 4) is 11.5 Å². The molecule has 1 fully saturated rings. The quantitative estimate of drug-likeness (QED) is 0.774. The number of benzene rings is 2. The predicted octanol–water partition coefficient (Wildman–Crippen LogP) is 3.02. The zero-order valence-electron chi connectivity index (χ0n) is 16.2. The summed E-state index contributed by atoms with van der Waals surface area (Å²) in [7, 11) is -0.963. The maximum Gasteiger partial charge on any atom is 0.243 e. The predicted molar refractivity (Wildman–Crippen MR) is 106 cm³/mol. The Morgan fingerprint density at radius 1 is 1.10 bits per heavy atom. The highest BCUT2D eigenvalue weighted by molar-refractivity contribution is 7.89. The molecular weight excluding hydrogens is 399 g/mol. The van der Waals surface area contributed by atoms with Crippen molar-refractivity contribution >= 4 is 21.6 Å². The summed E-state index contributed by atoms with van der Waals surface area (Å²) in [5.74, 6) is -0.0209. The van der Waals surface area contributed by atoms with E-state index in [1.54, 1.807) is 18.2 Å². The van der Waals surface area contributed by atoms with Crippen LogP contribution in [0.5, 0.6) is 11.5 Å². The van der Waals surface area contributed by atoms with Crippen molar-refractivity contribution in [3.05, 3.63) is 48.3 Å². The molecule has 1 saturated heterocycles. The molecule has 0 saturated carbocycles. The molecule has 0 aliphatic carbocycles. The van der Waals surface area contributed by atoms with Gasteiger partial charge >= 0.3 is 0 Å². The molecule has 1 amide bonds. The number of halogens is 1. The van der Waals surface area contributed by atoms with Crippen molar-refractivity contribution in [1.82, 2.24) is 4.31 Å². The third-order valence-corrected chi connectivity index (χ3v) is 6.76. The van der Waals surface area contributed by atoms with Gasteiger partial charge in [-0.3, -0.25) is 4.79 Å². The van der Waals surface area contributed by atoms with Crippen LogP contribution in [0.3, 0.4) is 0 Å². The highest BCUT2D eigenvalue weighted by Crippen LogP contribution is 2.31. The lowest BCUT2D eigenvalue weighted by Crippen LogP contribution is -2.49. The Morgan fingerprint density at radius 2 is 1.83 bits per heavy atom. The van der Waals surface area contributed by atoms with E-state index in [1.165, 1.54) is 30.7 Å². The number of hydrogen-bond donors (Lipinski definition) is 1. The summed E-state index contributed by atoms with van der Waals surface area (Å²) in [5.41, 5.74) is 0.390. The lowest BCUT2D eigenvalue weighted by molar-refractivity contribution is -0.120. The molecule has 0 radical (unpaired) electrons. The van der Waals surface area contributed by atoms with Gasteiger partial charge in [0, 0.05) is 12.6 Å². The molecule has 9 heteroatoms. The van der Waals surface area contributed by atoms with E-state index in [0.717, 1.165) is 18.6 Å². The minimum absolute atomic E-state index is 0.0439. The van der Waals surface area contributed by atoms with Crippen LogP contribution in [0, 0.1) is 5.82 Å². The number of sulfonamides is 1. The van der Waals surface area contributed by atoms with E-state index in [0.29, 0.717) is 30.0 Å². The Morgan fingerprint density at radius 3 is 2.48 bits per heavy atom. The van der Waals surface area contributed by atoms with Crippen molar-refractivity contribution in [2.75, 3.05) is 26.1 Å². The first kappa shape index (κ1) is 21.1. The van der Waals surface area contributed by atoms with Crippen LogP contribution in [0.4, 0.5) is 10.1 Å². The van der Waals surface area contributed by atoms with Gasteiger partial charge < -0.3 is 14.8 Å². The molecule has 0 bridgehead atoms. The van der Waals surface area contributed by atoms with Gasteiger partial charge in [-0.15, -0.1) is 0 Å². The van der Waals surface area contributed by atoms with E-state index < -0.39 is 27.8 Å². The van der Waals surface area contributed by atoms with E-state index in [9.17, 15) is 17.6 Å². The highest BCUT2D eigenvalue weighted by Gasteiger charge is 2.37. The van der Waals surface area contributed by atoms with Crippen LogP contribution >= 0.6 is 0 Å². The van der Waals surface area contributed by atoms with Gasteiger partial charge in [0.25, 0.3) is 0 Å². The third-order valence-electron chi connectivity index (χ3n) is 4.84. The minimum Gasteiger partial charge on any atom is -0.497 e. The standard InChI is InChI=1S/C20H23FN2O5S/c1-27-15-8-11-19(28-2)17(13-15)22-20(24)18-5-3-4-12-23(18)29(25,26)16-9-6-14(21)7-10-16/h6-11,13,18H,3-5,12H2,1-2H3,(H,22,24)/t18-/m0/s1. The van der Waals surface area contributed by atoms with E-state index in [-0.39, 0.29) is 11.4 Å². The Balaban J connectivity index is 1.88. The minimum atomic E-state index is -3.94. The van der Waals surface area contributed by atoms with Crippen LogP contribution in [0.1, 0.15) is 19.3 Å². The first-order valence-electron chi connectivity index (χ1n) is 9.17. The van der Waals surface area contributed by atoms with Gasteiger partial charge in [-0.1, -0.05) is 6.42 Å². The third kappa shape index (κ3) is 4.51. The van der Waals surface area contributed by atoms with E-state index in [2.05, 4.69) is 5.32 Å². The van der Waals surface area contributed by atoms with Gasteiger partial charge in [-0.25, -0.2) is 12.8 Å². The van der Waals surface area contributed by atoms with Gasteiger partial charge in [-0.2, -0.15) is 4.31 Å². The summed E-state index contributed by atoms with van der Waals surface area (Å²) in [6.07, 6.45) is 1.76. The first-order chi connectivity index (χ1) is 13.9. The molecular formula is C20H23FN2O5S. The molecule has 3 rings (SSSR count). The topological polar surface area (TPSA) is 84.9 Å². The largest absolute Gasteiger partial charge is 0.497 e. The lowest BCUT2D eigenvalue weighted by atomic mass is 10.0. The second-order valence-corrected chi connectivity index (χ2v) is 8.53. The van der Waals surface area contributed by atoms with Crippen LogP contribution in [0.2, 0.25) is 0 Å². The van der Waals surface area contributed by atoms with Gasteiger partial charge in [0.2, 0.25) is 15.9 Å².